The average Bonchev–Trinajstić information content (AvgIpc) is 2.49. The molecule has 4 N–H and O–H groups in total. The number of nitrogens with two attached hydrogens (primary N) is 2. The molecule has 22 heavy (non-hydrogen) atoms. The molecule has 0 unspecified atom stereocenters. The quantitative estimate of drug-likeness (QED) is 0.369. The number of guanidine groups is 1. The predicted octanol–water partition coefficient (Wildman–Crippen LogP) is 1.06. The lowest BCUT2D eigenvalue weighted by Gasteiger charge is -2.06. The highest BCUT2D eigenvalue weighted by Crippen LogP contribution is 2.18. The summed E-state index contributed by atoms with van der Waals surface area (Å²) in [4.78, 5) is 0.0911. The van der Waals surface area contributed by atoms with E-state index in [-0.39, 0.29) is 16.6 Å². The van der Waals surface area contributed by atoms with Gasteiger partial charge in [-0.3, -0.25) is 0 Å². The Labute approximate surface area is 128 Å². The number of rotatable bonds is 5. The van der Waals surface area contributed by atoms with Crippen molar-refractivity contribution in [1.29, 1.82) is 0 Å². The minimum Gasteiger partial charge on any atom is -0.379 e. The molecule has 0 saturated heterocycles. The van der Waals surface area contributed by atoms with Crippen LogP contribution >= 0.6 is 0 Å². The summed E-state index contributed by atoms with van der Waals surface area (Å²) in [5, 5.41) is 7.10. The maximum absolute atomic E-state index is 12.0. The summed E-state index contributed by atoms with van der Waals surface area (Å²) in [5.41, 5.74) is 11.0. The van der Waals surface area contributed by atoms with Crippen LogP contribution in [-0.4, -0.2) is 20.6 Å². The molecule has 0 aromatic heterocycles. The van der Waals surface area contributed by atoms with Crippen LogP contribution in [0.25, 0.3) is 0 Å². The van der Waals surface area contributed by atoms with Crippen molar-refractivity contribution in [3.05, 3.63) is 60.2 Å². The van der Waals surface area contributed by atoms with E-state index >= 15 is 0 Å². The molecular weight excluding hydrogens is 304 g/mol. The summed E-state index contributed by atoms with van der Waals surface area (Å²) in [6.45, 7) is 0. The van der Waals surface area contributed by atoms with E-state index in [0.29, 0.717) is 5.56 Å². The summed E-state index contributed by atoms with van der Waals surface area (Å²) in [7, 11) is -3.84. The molecule has 8 heteroatoms. The summed E-state index contributed by atoms with van der Waals surface area (Å²) >= 11 is 0. The molecule has 2 rings (SSSR count). The zero-order valence-electron chi connectivity index (χ0n) is 11.5. The lowest BCUT2D eigenvalue weighted by Crippen LogP contribution is -2.21. The molecule has 0 aliphatic carbocycles. The number of hydrogen-bond donors (Lipinski definition) is 2. The van der Waals surface area contributed by atoms with Gasteiger partial charge in [0.05, 0.1) is 6.21 Å². The first kappa shape index (κ1) is 15.5. The van der Waals surface area contributed by atoms with Crippen LogP contribution in [0.1, 0.15) is 5.56 Å². The van der Waals surface area contributed by atoms with Crippen LogP contribution in [0.3, 0.4) is 0 Å². The van der Waals surface area contributed by atoms with Crippen LogP contribution in [0.5, 0.6) is 5.75 Å². The number of hydrogen-bond acceptors (Lipinski definition) is 5. The highest BCUT2D eigenvalue weighted by Gasteiger charge is 2.15. The number of nitrogens with zero attached hydrogens (tertiary/aromatic N) is 2. The zero-order valence-corrected chi connectivity index (χ0v) is 12.3. The van der Waals surface area contributed by atoms with Gasteiger partial charge in [-0.15, -0.1) is 5.10 Å². The normalized spacial score (nSPS) is 11.3. The van der Waals surface area contributed by atoms with E-state index in [1.807, 2.05) is 0 Å². The van der Waals surface area contributed by atoms with E-state index in [4.69, 9.17) is 15.7 Å². The van der Waals surface area contributed by atoms with Crippen LogP contribution in [0.4, 0.5) is 0 Å². The first-order valence-electron chi connectivity index (χ1n) is 6.19. The van der Waals surface area contributed by atoms with Crippen LogP contribution < -0.4 is 15.7 Å². The molecular formula is C14H14N4O3S. The lowest BCUT2D eigenvalue weighted by atomic mass is 10.2. The van der Waals surface area contributed by atoms with Gasteiger partial charge < -0.3 is 15.7 Å². The molecule has 0 saturated carbocycles. The van der Waals surface area contributed by atoms with Crippen molar-refractivity contribution >= 4 is 22.3 Å². The van der Waals surface area contributed by atoms with Crippen LogP contribution in [0.15, 0.2) is 69.7 Å². The molecule has 0 spiro atoms. The van der Waals surface area contributed by atoms with Crippen molar-refractivity contribution in [2.45, 2.75) is 4.90 Å². The van der Waals surface area contributed by atoms with Gasteiger partial charge in [0.2, 0.25) is 5.96 Å². The van der Waals surface area contributed by atoms with Crippen molar-refractivity contribution < 1.29 is 12.6 Å². The second-order valence-corrected chi connectivity index (χ2v) is 5.74. The second kappa shape index (κ2) is 6.72. The third-order valence-corrected chi connectivity index (χ3v) is 3.76. The highest BCUT2D eigenvalue weighted by molar-refractivity contribution is 7.87. The van der Waals surface area contributed by atoms with Crippen molar-refractivity contribution in [3.8, 4) is 5.75 Å². The summed E-state index contributed by atoms with van der Waals surface area (Å²) < 4.78 is 29.1. The molecule has 0 heterocycles. The van der Waals surface area contributed by atoms with Crippen molar-refractivity contribution in [1.82, 2.24) is 0 Å². The van der Waals surface area contributed by atoms with Gasteiger partial charge in [-0.05, 0) is 42.0 Å². The maximum Gasteiger partial charge on any atom is 0.339 e. The Balaban J connectivity index is 2.12. The Bertz CT molecular complexity index is 781. The molecule has 0 radical (unpaired) electrons. The molecule has 2 aromatic rings. The minimum absolute atomic E-state index is 0.0911. The van der Waals surface area contributed by atoms with Gasteiger partial charge in [0.25, 0.3) is 0 Å². The van der Waals surface area contributed by atoms with Gasteiger partial charge in [0, 0.05) is 0 Å². The third-order valence-electron chi connectivity index (χ3n) is 2.50. The third kappa shape index (κ3) is 4.32. The Hall–Kier alpha value is -2.87. The topological polar surface area (TPSA) is 120 Å². The number of benzene rings is 2. The molecule has 0 atom stereocenters. The molecule has 0 aliphatic rings. The van der Waals surface area contributed by atoms with Crippen molar-refractivity contribution in [2.24, 2.45) is 21.7 Å². The second-order valence-electron chi connectivity index (χ2n) is 4.19. The average molecular weight is 318 g/mol. The molecule has 2 aromatic carbocycles. The van der Waals surface area contributed by atoms with E-state index in [2.05, 4.69) is 10.2 Å². The fourth-order valence-corrected chi connectivity index (χ4v) is 2.48. The van der Waals surface area contributed by atoms with Gasteiger partial charge in [-0.2, -0.15) is 13.5 Å². The maximum atomic E-state index is 12.0. The SMILES string of the molecule is NC(N)=N/N=C\c1ccc(OS(=O)(=O)c2ccccc2)cc1. The van der Waals surface area contributed by atoms with Gasteiger partial charge in [-0.25, -0.2) is 0 Å². The molecule has 114 valence electrons. The van der Waals surface area contributed by atoms with Crippen molar-refractivity contribution in [3.63, 3.8) is 0 Å². The highest BCUT2D eigenvalue weighted by atomic mass is 32.2. The van der Waals surface area contributed by atoms with Crippen LogP contribution in [0.2, 0.25) is 0 Å². The van der Waals surface area contributed by atoms with E-state index in [1.165, 1.54) is 30.5 Å². The largest absolute Gasteiger partial charge is 0.379 e. The minimum atomic E-state index is -3.84. The molecule has 0 aliphatic heterocycles. The fraction of sp³-hybridized carbons (Fsp3) is 0. The monoisotopic (exact) mass is 318 g/mol. The first-order valence-corrected chi connectivity index (χ1v) is 7.60. The van der Waals surface area contributed by atoms with Crippen LogP contribution in [0, 0.1) is 0 Å². The summed E-state index contributed by atoms with van der Waals surface area (Å²) in [6.07, 6.45) is 1.43. The van der Waals surface area contributed by atoms with E-state index in [1.54, 1.807) is 30.3 Å². The Morgan fingerprint density at radius 1 is 1.00 bits per heavy atom. The van der Waals surface area contributed by atoms with Crippen molar-refractivity contribution in [2.75, 3.05) is 0 Å². The van der Waals surface area contributed by atoms with Crippen LogP contribution in [-0.2, 0) is 10.1 Å². The van der Waals surface area contributed by atoms with Gasteiger partial charge >= 0.3 is 10.1 Å². The summed E-state index contributed by atoms with van der Waals surface area (Å²) in [6, 6.07) is 14.2. The molecule has 0 amide bonds. The predicted molar refractivity (Wildman–Crippen MR) is 84.1 cm³/mol. The molecule has 7 nitrogen and oxygen atoms in total. The van der Waals surface area contributed by atoms with Gasteiger partial charge in [-0.1, -0.05) is 18.2 Å². The molecule has 0 fully saturated rings. The van der Waals surface area contributed by atoms with Gasteiger partial charge in [0.1, 0.15) is 10.6 Å². The van der Waals surface area contributed by atoms with Gasteiger partial charge in [0.15, 0.2) is 0 Å². The Morgan fingerprint density at radius 2 is 1.64 bits per heavy atom. The standard InChI is InChI=1S/C14H14N4O3S/c15-14(16)18-17-10-11-6-8-12(9-7-11)21-22(19,20)13-4-2-1-3-5-13/h1-10H,(H4,15,16,18)/b17-10-. The molecule has 0 bridgehead atoms. The first-order chi connectivity index (χ1) is 10.5. The van der Waals surface area contributed by atoms with E-state index in [0.717, 1.165) is 0 Å². The zero-order chi connectivity index (χ0) is 16.0. The fourth-order valence-electron chi connectivity index (χ4n) is 1.53. The summed E-state index contributed by atoms with van der Waals surface area (Å²) in [5.74, 6) is 0.0491. The Kier molecular flexibility index (Phi) is 4.74. The Morgan fingerprint density at radius 3 is 2.23 bits per heavy atom. The lowest BCUT2D eigenvalue weighted by molar-refractivity contribution is 0.486. The van der Waals surface area contributed by atoms with E-state index in [9.17, 15) is 8.42 Å². The smallest absolute Gasteiger partial charge is 0.339 e. The van der Waals surface area contributed by atoms with E-state index < -0.39 is 10.1 Å².